The maximum absolute atomic E-state index is 12.7. The fourth-order valence-corrected chi connectivity index (χ4v) is 3.17. The van der Waals surface area contributed by atoms with E-state index >= 15 is 0 Å². The van der Waals surface area contributed by atoms with Crippen molar-refractivity contribution in [3.63, 3.8) is 0 Å². The third-order valence-electron chi connectivity index (χ3n) is 4.56. The number of nitrogens with zero attached hydrogens (tertiary/aromatic N) is 1. The lowest BCUT2D eigenvalue weighted by Crippen LogP contribution is -2.47. The van der Waals surface area contributed by atoms with Crippen LogP contribution in [0.4, 0.5) is 5.69 Å². The first-order valence-corrected chi connectivity index (χ1v) is 7.52. The second kappa shape index (κ2) is 5.48. The molecular weight excluding hydrogens is 266 g/mol. The number of carbonyl (C=O) groups is 2. The van der Waals surface area contributed by atoms with E-state index in [0.717, 1.165) is 30.6 Å². The monoisotopic (exact) mass is 287 g/mol. The van der Waals surface area contributed by atoms with Gasteiger partial charge >= 0.3 is 0 Å². The number of piperidine rings is 1. The van der Waals surface area contributed by atoms with Crippen LogP contribution in [0.25, 0.3) is 0 Å². The highest BCUT2D eigenvalue weighted by atomic mass is 16.2. The molecule has 2 aliphatic heterocycles. The summed E-state index contributed by atoms with van der Waals surface area (Å²) in [6.07, 6.45) is 2.48. The summed E-state index contributed by atoms with van der Waals surface area (Å²) in [5.74, 6) is 0.410. The molecule has 1 fully saturated rings. The smallest absolute Gasteiger partial charge is 0.254 e. The van der Waals surface area contributed by atoms with Crippen LogP contribution in [0, 0.1) is 5.92 Å². The number of amides is 2. The first kappa shape index (κ1) is 14.1. The lowest BCUT2D eigenvalue weighted by atomic mass is 9.93. The minimum atomic E-state index is -0.0101. The molecule has 0 saturated carbocycles. The minimum Gasteiger partial charge on any atom is -0.336 e. The number of benzene rings is 1. The van der Waals surface area contributed by atoms with Crippen LogP contribution in [0.1, 0.15) is 35.7 Å². The molecule has 1 saturated heterocycles. The summed E-state index contributed by atoms with van der Waals surface area (Å²) in [6, 6.07) is 5.72. The summed E-state index contributed by atoms with van der Waals surface area (Å²) >= 11 is 0. The van der Waals surface area contributed by atoms with Crippen LogP contribution in [0.3, 0.4) is 0 Å². The Bertz CT molecular complexity index is 585. The summed E-state index contributed by atoms with van der Waals surface area (Å²) in [5.41, 5.74) is 8.12. The number of hydrogen-bond acceptors (Lipinski definition) is 3. The molecule has 1 aromatic carbocycles. The van der Waals surface area contributed by atoms with Gasteiger partial charge in [-0.3, -0.25) is 9.59 Å². The third kappa shape index (κ3) is 2.65. The number of nitrogens with two attached hydrogens (primary N) is 1. The van der Waals surface area contributed by atoms with E-state index in [0.29, 0.717) is 24.4 Å². The van der Waals surface area contributed by atoms with Gasteiger partial charge in [-0.1, -0.05) is 6.07 Å². The lowest BCUT2D eigenvalue weighted by molar-refractivity contribution is -0.115. The molecule has 2 amide bonds. The van der Waals surface area contributed by atoms with Gasteiger partial charge in [-0.15, -0.1) is 0 Å². The number of nitrogens with one attached hydrogen (secondary N) is 1. The average Bonchev–Trinajstić information content (AvgIpc) is 2.86. The van der Waals surface area contributed by atoms with Gasteiger partial charge in [0.05, 0.1) is 6.42 Å². The van der Waals surface area contributed by atoms with Crippen molar-refractivity contribution in [1.29, 1.82) is 0 Å². The van der Waals surface area contributed by atoms with E-state index in [2.05, 4.69) is 12.2 Å². The second-order valence-corrected chi connectivity index (χ2v) is 6.08. The van der Waals surface area contributed by atoms with Crippen molar-refractivity contribution in [2.24, 2.45) is 11.7 Å². The standard InChI is InChI=1S/C16H21N3O2/c1-10-2-3-11(8-17)9-19(10)16(21)13-5-4-12-7-15(20)18-14(12)6-13/h4-6,10-11H,2-3,7-9,17H2,1H3,(H,18,20). The van der Waals surface area contributed by atoms with E-state index < -0.39 is 0 Å². The summed E-state index contributed by atoms with van der Waals surface area (Å²) in [6.45, 7) is 3.43. The fourth-order valence-electron chi connectivity index (χ4n) is 3.17. The van der Waals surface area contributed by atoms with Crippen molar-refractivity contribution in [1.82, 2.24) is 4.90 Å². The number of likely N-dealkylation sites (tertiary alicyclic amines) is 1. The summed E-state index contributed by atoms with van der Waals surface area (Å²) in [7, 11) is 0. The van der Waals surface area contributed by atoms with Crippen molar-refractivity contribution in [3.8, 4) is 0 Å². The van der Waals surface area contributed by atoms with Gasteiger partial charge < -0.3 is 16.0 Å². The Balaban J connectivity index is 1.81. The first-order chi connectivity index (χ1) is 10.1. The lowest BCUT2D eigenvalue weighted by Gasteiger charge is -2.37. The zero-order valence-electron chi connectivity index (χ0n) is 12.3. The fraction of sp³-hybridized carbons (Fsp3) is 0.500. The van der Waals surface area contributed by atoms with E-state index in [1.807, 2.05) is 17.0 Å². The largest absolute Gasteiger partial charge is 0.336 e. The van der Waals surface area contributed by atoms with Gasteiger partial charge in [-0.25, -0.2) is 0 Å². The quantitative estimate of drug-likeness (QED) is 0.863. The molecule has 2 atom stereocenters. The molecule has 2 heterocycles. The predicted octanol–water partition coefficient (Wildman–Crippen LogP) is 1.38. The molecule has 2 aliphatic rings. The molecule has 112 valence electrons. The van der Waals surface area contributed by atoms with Gasteiger partial charge in [0.15, 0.2) is 0 Å². The highest BCUT2D eigenvalue weighted by Crippen LogP contribution is 2.27. The zero-order valence-corrected chi connectivity index (χ0v) is 12.3. The Morgan fingerprint density at radius 3 is 3.00 bits per heavy atom. The highest BCUT2D eigenvalue weighted by molar-refractivity contribution is 6.02. The molecule has 3 rings (SSSR count). The third-order valence-corrected chi connectivity index (χ3v) is 4.56. The number of rotatable bonds is 2. The molecule has 0 aromatic heterocycles. The van der Waals surface area contributed by atoms with E-state index in [4.69, 9.17) is 5.73 Å². The van der Waals surface area contributed by atoms with Crippen LogP contribution in [-0.2, 0) is 11.2 Å². The van der Waals surface area contributed by atoms with Crippen LogP contribution in [-0.4, -0.2) is 35.8 Å². The topological polar surface area (TPSA) is 75.4 Å². The Morgan fingerprint density at radius 1 is 1.43 bits per heavy atom. The maximum Gasteiger partial charge on any atom is 0.254 e. The molecule has 0 aliphatic carbocycles. The molecule has 5 nitrogen and oxygen atoms in total. The van der Waals surface area contributed by atoms with E-state index in [1.54, 1.807) is 6.07 Å². The Kier molecular flexibility index (Phi) is 3.68. The van der Waals surface area contributed by atoms with Crippen molar-refractivity contribution in [3.05, 3.63) is 29.3 Å². The number of hydrogen-bond donors (Lipinski definition) is 2. The van der Waals surface area contributed by atoms with E-state index in [1.165, 1.54) is 0 Å². The molecule has 0 spiro atoms. The Morgan fingerprint density at radius 2 is 2.24 bits per heavy atom. The Labute approximate surface area is 124 Å². The van der Waals surface area contributed by atoms with Crippen LogP contribution < -0.4 is 11.1 Å². The molecule has 0 radical (unpaired) electrons. The second-order valence-electron chi connectivity index (χ2n) is 6.08. The predicted molar refractivity (Wildman–Crippen MR) is 81.1 cm³/mol. The van der Waals surface area contributed by atoms with E-state index in [9.17, 15) is 9.59 Å². The molecular formula is C16H21N3O2. The van der Waals surface area contributed by atoms with Crippen LogP contribution >= 0.6 is 0 Å². The van der Waals surface area contributed by atoms with Gasteiger partial charge in [-0.2, -0.15) is 0 Å². The maximum atomic E-state index is 12.7. The van der Waals surface area contributed by atoms with Crippen molar-refractivity contribution < 1.29 is 9.59 Å². The average molecular weight is 287 g/mol. The van der Waals surface area contributed by atoms with Gasteiger partial charge in [-0.05, 0) is 49.9 Å². The first-order valence-electron chi connectivity index (χ1n) is 7.52. The normalized spacial score (nSPS) is 24.7. The molecule has 21 heavy (non-hydrogen) atoms. The van der Waals surface area contributed by atoms with Crippen LogP contribution in [0.15, 0.2) is 18.2 Å². The van der Waals surface area contributed by atoms with Crippen molar-refractivity contribution in [2.45, 2.75) is 32.2 Å². The minimum absolute atomic E-state index is 0.0101. The SMILES string of the molecule is CC1CCC(CN)CN1C(=O)c1ccc2c(c1)NC(=O)C2. The Hall–Kier alpha value is -1.88. The van der Waals surface area contributed by atoms with E-state index in [-0.39, 0.29) is 17.9 Å². The van der Waals surface area contributed by atoms with Gasteiger partial charge in [0, 0.05) is 23.8 Å². The number of fused-ring (bicyclic) bond motifs is 1. The summed E-state index contributed by atoms with van der Waals surface area (Å²) in [4.78, 5) is 26.0. The van der Waals surface area contributed by atoms with Crippen molar-refractivity contribution in [2.75, 3.05) is 18.4 Å². The summed E-state index contributed by atoms with van der Waals surface area (Å²) < 4.78 is 0. The molecule has 2 unspecified atom stereocenters. The van der Waals surface area contributed by atoms with Crippen LogP contribution in [0.5, 0.6) is 0 Å². The molecule has 3 N–H and O–H groups in total. The number of anilines is 1. The summed E-state index contributed by atoms with van der Waals surface area (Å²) in [5, 5.41) is 2.80. The van der Waals surface area contributed by atoms with Gasteiger partial charge in [0.25, 0.3) is 5.91 Å². The van der Waals surface area contributed by atoms with Gasteiger partial charge in [0.1, 0.15) is 0 Å². The molecule has 1 aromatic rings. The molecule has 5 heteroatoms. The highest BCUT2D eigenvalue weighted by Gasteiger charge is 2.29. The molecule has 0 bridgehead atoms. The van der Waals surface area contributed by atoms with Crippen molar-refractivity contribution >= 4 is 17.5 Å². The van der Waals surface area contributed by atoms with Crippen LogP contribution in [0.2, 0.25) is 0 Å². The van der Waals surface area contributed by atoms with Gasteiger partial charge in [0.2, 0.25) is 5.91 Å². The number of carbonyl (C=O) groups excluding carboxylic acids is 2. The zero-order chi connectivity index (χ0) is 15.0.